The zero-order valence-electron chi connectivity index (χ0n) is 29.6. The van der Waals surface area contributed by atoms with Crippen molar-refractivity contribution >= 4 is 53.4 Å². The fraction of sp³-hybridized carbons (Fsp3) is 0.441. The Morgan fingerprint density at radius 2 is 1.61 bits per heavy atom. The molecule has 1 aliphatic carbocycles. The number of nitrogens with zero attached hydrogens (tertiary/aromatic N) is 5. The first kappa shape index (κ1) is 41.5. The monoisotopic (exact) mass is 779 g/mol. The lowest BCUT2D eigenvalue weighted by atomic mass is 10.1. The highest BCUT2D eigenvalue weighted by Gasteiger charge is 2.45. The van der Waals surface area contributed by atoms with E-state index in [0.29, 0.717) is 29.4 Å². The van der Waals surface area contributed by atoms with Crippen molar-refractivity contribution in [3.8, 4) is 6.01 Å². The van der Waals surface area contributed by atoms with Crippen LogP contribution in [-0.2, 0) is 29.4 Å². The summed E-state index contributed by atoms with van der Waals surface area (Å²) in [6.45, 7) is 3.83. The third kappa shape index (κ3) is 13.6. The van der Waals surface area contributed by atoms with Crippen molar-refractivity contribution in [3.05, 3.63) is 64.7 Å². The van der Waals surface area contributed by atoms with E-state index < -0.39 is 42.1 Å². The van der Waals surface area contributed by atoms with Gasteiger partial charge in [-0.2, -0.15) is 28.1 Å². The molecule has 1 saturated carbocycles. The number of alkyl halides is 3. The van der Waals surface area contributed by atoms with Crippen LogP contribution in [-0.4, -0.2) is 128 Å². The Kier molecular flexibility index (Phi) is 15.1. The molecule has 3 aromatic rings. The van der Waals surface area contributed by atoms with E-state index in [4.69, 9.17) is 21.1 Å². The van der Waals surface area contributed by atoms with Gasteiger partial charge in [0.05, 0.1) is 18.8 Å². The summed E-state index contributed by atoms with van der Waals surface area (Å²) in [5.74, 6) is -1.98. The van der Waals surface area contributed by atoms with Crippen molar-refractivity contribution in [3.63, 3.8) is 0 Å². The molecule has 2 fully saturated rings. The first-order chi connectivity index (χ1) is 25.8. The summed E-state index contributed by atoms with van der Waals surface area (Å²) in [5.41, 5.74) is 1.14. The summed E-state index contributed by atoms with van der Waals surface area (Å²) in [7, 11) is 2.90. The Labute approximate surface area is 314 Å². The number of rotatable bonds is 15. The molecule has 0 bridgehead atoms. The van der Waals surface area contributed by atoms with Crippen LogP contribution in [0.1, 0.15) is 28.8 Å². The molecule has 2 aliphatic rings. The molecule has 54 heavy (non-hydrogen) atoms. The minimum absolute atomic E-state index is 0.0116. The number of nitrogens with one attached hydrogen (secondary N) is 4. The molecule has 16 nitrogen and oxygen atoms in total. The molecule has 1 aliphatic heterocycles. The summed E-state index contributed by atoms with van der Waals surface area (Å²) in [4.78, 5) is 61.1. The summed E-state index contributed by atoms with van der Waals surface area (Å²) in [6.07, 6.45) is -3.11. The number of hydrogen-bond acceptors (Lipinski definition) is 13. The van der Waals surface area contributed by atoms with E-state index in [1.807, 2.05) is 12.1 Å². The molecular weight excluding hydrogens is 739 g/mol. The van der Waals surface area contributed by atoms with Gasteiger partial charge >= 0.3 is 24.0 Å². The molecule has 1 saturated heterocycles. The number of hydrogen-bond donors (Lipinski definition) is 4. The number of carbonyl (C=O) groups is 4. The van der Waals surface area contributed by atoms with Crippen LogP contribution in [0.15, 0.2) is 48.5 Å². The van der Waals surface area contributed by atoms with E-state index in [1.165, 1.54) is 26.2 Å². The van der Waals surface area contributed by atoms with Gasteiger partial charge in [0.2, 0.25) is 11.9 Å². The SMILES string of the molecule is CN(C)C(=O)C(=O)NCCNC(=O)c1ccc(Nc2nc(NC3(c4ccc(Cl)cc4)CC3)nc(OCC(F)(F)F)n2)cc1.O=COCCN1CCOCC1. The Hall–Kier alpha value is -5.27. The minimum atomic E-state index is -4.60. The maximum Gasteiger partial charge on any atom is 0.422 e. The maximum atomic E-state index is 12.8. The van der Waals surface area contributed by atoms with Gasteiger partial charge in [0, 0.05) is 63.1 Å². The molecule has 4 N–H and O–H groups in total. The molecule has 1 aromatic heterocycles. The summed E-state index contributed by atoms with van der Waals surface area (Å²) >= 11 is 6.00. The normalized spacial score (nSPS) is 14.7. The Morgan fingerprint density at radius 3 is 2.22 bits per heavy atom. The Balaban J connectivity index is 0.000000506. The van der Waals surface area contributed by atoms with Crippen LogP contribution >= 0.6 is 11.6 Å². The second-order valence-electron chi connectivity index (χ2n) is 12.2. The molecule has 5 rings (SSSR count). The Morgan fingerprint density at radius 1 is 0.963 bits per heavy atom. The summed E-state index contributed by atoms with van der Waals surface area (Å²) in [5, 5.41) is 11.7. The number of benzene rings is 2. The third-order valence-electron chi connectivity index (χ3n) is 7.87. The second-order valence-corrected chi connectivity index (χ2v) is 12.7. The van der Waals surface area contributed by atoms with Gasteiger partial charge in [-0.05, 0) is 54.8 Å². The lowest BCUT2D eigenvalue weighted by Gasteiger charge is -2.25. The zero-order valence-corrected chi connectivity index (χ0v) is 30.3. The highest BCUT2D eigenvalue weighted by molar-refractivity contribution is 6.34. The molecule has 0 radical (unpaired) electrons. The minimum Gasteiger partial charge on any atom is -0.467 e. The number of anilines is 3. The van der Waals surface area contributed by atoms with Gasteiger partial charge in [-0.15, -0.1) is 0 Å². The third-order valence-corrected chi connectivity index (χ3v) is 8.13. The van der Waals surface area contributed by atoms with Crippen LogP contribution in [0.4, 0.5) is 30.8 Å². The largest absolute Gasteiger partial charge is 0.467 e. The van der Waals surface area contributed by atoms with Crippen LogP contribution in [0.5, 0.6) is 6.01 Å². The molecule has 0 atom stereocenters. The molecule has 0 spiro atoms. The number of halogens is 4. The zero-order chi connectivity index (χ0) is 39.1. The van der Waals surface area contributed by atoms with Crippen molar-refractivity contribution < 1.29 is 46.6 Å². The van der Waals surface area contributed by atoms with Crippen LogP contribution in [0.25, 0.3) is 0 Å². The van der Waals surface area contributed by atoms with Crippen molar-refractivity contribution in [1.29, 1.82) is 0 Å². The molecular formula is C34H41ClF3N9O7. The van der Waals surface area contributed by atoms with E-state index in [1.54, 1.807) is 24.3 Å². The van der Waals surface area contributed by atoms with Crippen molar-refractivity contribution in [2.45, 2.75) is 24.6 Å². The molecule has 3 amide bonds. The van der Waals surface area contributed by atoms with E-state index in [0.717, 1.165) is 56.2 Å². The van der Waals surface area contributed by atoms with Crippen LogP contribution in [0.3, 0.4) is 0 Å². The highest BCUT2D eigenvalue weighted by atomic mass is 35.5. The number of amides is 3. The predicted octanol–water partition coefficient (Wildman–Crippen LogP) is 2.74. The fourth-order valence-corrected chi connectivity index (χ4v) is 5.02. The highest BCUT2D eigenvalue weighted by Crippen LogP contribution is 2.48. The van der Waals surface area contributed by atoms with Gasteiger partial charge in [0.1, 0.15) is 6.61 Å². The second kappa shape index (κ2) is 19.7. The molecule has 0 unspecified atom stereocenters. The standard InChI is InChI=1S/C27H28ClF3N8O4.C7H13NO3/c1-39(2)22(42)21(41)33-14-13-32-20(40)16-3-9-19(10-4-16)34-23-35-24(37-25(36-23)43-15-27(29,30)31)38-26(11-12-26)17-5-7-18(28)8-6-17;9-7-11-6-3-8-1-4-10-5-2-8/h3-10H,11-15H2,1-2H3,(H,32,40)(H,33,41)(H2,34,35,36,37,38);7H,1-6H2. The predicted molar refractivity (Wildman–Crippen MR) is 190 cm³/mol. The van der Waals surface area contributed by atoms with Gasteiger partial charge in [-0.25, -0.2) is 0 Å². The number of morpholine rings is 1. The van der Waals surface area contributed by atoms with E-state index >= 15 is 0 Å². The smallest absolute Gasteiger partial charge is 0.422 e. The number of ether oxygens (including phenoxy) is 3. The first-order valence-electron chi connectivity index (χ1n) is 16.8. The molecule has 292 valence electrons. The average Bonchev–Trinajstić information content (AvgIpc) is 3.93. The van der Waals surface area contributed by atoms with Crippen LogP contribution in [0, 0.1) is 0 Å². The number of aromatic nitrogens is 3. The quantitative estimate of drug-likeness (QED) is 0.100. The first-order valence-corrected chi connectivity index (χ1v) is 17.1. The van der Waals surface area contributed by atoms with Gasteiger partial charge in [0.25, 0.3) is 12.4 Å². The average molecular weight is 780 g/mol. The number of likely N-dealkylation sites (N-methyl/N-ethyl adjacent to an activating group) is 1. The van der Waals surface area contributed by atoms with Crippen LogP contribution < -0.4 is 26.0 Å². The van der Waals surface area contributed by atoms with Gasteiger partial charge < -0.3 is 40.4 Å². The lowest BCUT2D eigenvalue weighted by molar-refractivity contribution is -0.154. The molecule has 20 heteroatoms. The van der Waals surface area contributed by atoms with E-state index in [9.17, 15) is 32.3 Å². The lowest BCUT2D eigenvalue weighted by Crippen LogP contribution is -2.42. The molecule has 2 aromatic carbocycles. The van der Waals surface area contributed by atoms with Crippen LogP contribution in [0.2, 0.25) is 5.02 Å². The molecule has 2 heterocycles. The Bertz CT molecular complexity index is 1710. The maximum absolute atomic E-state index is 12.8. The van der Waals surface area contributed by atoms with Crippen molar-refractivity contribution in [1.82, 2.24) is 35.4 Å². The number of carbonyl (C=O) groups excluding carboxylic acids is 4. The van der Waals surface area contributed by atoms with Crippen molar-refractivity contribution in [2.75, 3.05) is 83.9 Å². The summed E-state index contributed by atoms with van der Waals surface area (Å²) < 4.78 is 53.0. The van der Waals surface area contributed by atoms with Crippen molar-refractivity contribution in [2.24, 2.45) is 0 Å². The fourth-order valence-electron chi connectivity index (χ4n) is 4.89. The summed E-state index contributed by atoms with van der Waals surface area (Å²) in [6, 6.07) is 12.8. The van der Waals surface area contributed by atoms with Gasteiger partial charge in [-0.1, -0.05) is 23.7 Å². The van der Waals surface area contributed by atoms with E-state index in [2.05, 4.69) is 45.9 Å². The topological polar surface area (TPSA) is 189 Å². The van der Waals surface area contributed by atoms with Gasteiger partial charge in [0.15, 0.2) is 6.61 Å². The van der Waals surface area contributed by atoms with Gasteiger partial charge in [-0.3, -0.25) is 24.1 Å². The van der Waals surface area contributed by atoms with E-state index in [-0.39, 0.29) is 25.0 Å².